The molecule has 7 heterocycles. The van der Waals surface area contributed by atoms with Crippen LogP contribution >= 0.6 is 0 Å². The van der Waals surface area contributed by atoms with Gasteiger partial charge in [-0.2, -0.15) is 0 Å². The Morgan fingerprint density at radius 3 is 1.95 bits per heavy atom. The fourth-order valence-electron chi connectivity index (χ4n) is 10.9. The highest BCUT2D eigenvalue weighted by Crippen LogP contribution is 2.49. The van der Waals surface area contributed by atoms with Crippen LogP contribution in [0.2, 0.25) is 18.1 Å². The lowest BCUT2D eigenvalue weighted by atomic mass is 9.80. The topological polar surface area (TPSA) is 220 Å². The molecule has 4 aliphatic rings. The molecule has 3 aromatic heterocycles. The predicted molar refractivity (Wildman–Crippen MR) is 281 cm³/mol. The van der Waals surface area contributed by atoms with Crippen molar-refractivity contribution in [2.75, 3.05) is 26.0 Å². The molecule has 8 atom stereocenters. The number of aromatic amines is 1. The van der Waals surface area contributed by atoms with Crippen molar-refractivity contribution in [1.29, 1.82) is 0 Å². The van der Waals surface area contributed by atoms with E-state index in [-0.39, 0.29) is 37.2 Å². The minimum Gasteiger partial charge on any atom is -0.497 e. The van der Waals surface area contributed by atoms with Crippen LogP contribution < -0.4 is 27.0 Å². The summed E-state index contributed by atoms with van der Waals surface area (Å²) in [5.41, 5.74) is 8.01. The van der Waals surface area contributed by atoms with Gasteiger partial charge in [-0.1, -0.05) is 100 Å². The van der Waals surface area contributed by atoms with Crippen molar-refractivity contribution < 1.29 is 42.3 Å². The quantitative estimate of drug-likeness (QED) is 0.0580. The van der Waals surface area contributed by atoms with Gasteiger partial charge in [-0.3, -0.25) is 18.9 Å². The summed E-state index contributed by atoms with van der Waals surface area (Å²) in [7, 11) is -0.640. The second kappa shape index (κ2) is 20.0. The average molecular weight is 1050 g/mol. The van der Waals surface area contributed by atoms with Crippen LogP contribution in [0.3, 0.4) is 0 Å². The summed E-state index contributed by atoms with van der Waals surface area (Å²) in [6.45, 7) is 21.2. The van der Waals surface area contributed by atoms with Gasteiger partial charge in [-0.25, -0.2) is 19.7 Å². The number of nitrogens with one attached hydrogen (secondary N) is 2. The summed E-state index contributed by atoms with van der Waals surface area (Å²) < 4.78 is 62.9. The number of ether oxygens (including phenoxy) is 8. The molecule has 0 bridgehead atoms. The summed E-state index contributed by atoms with van der Waals surface area (Å²) >= 11 is 0. The van der Waals surface area contributed by atoms with Crippen molar-refractivity contribution in [2.45, 2.75) is 153 Å². The van der Waals surface area contributed by atoms with Gasteiger partial charge in [0.05, 0.1) is 13.7 Å². The molecule has 400 valence electrons. The molecular weight excluding hydrogens is 977 g/mol. The largest absolute Gasteiger partial charge is 0.497 e. The lowest BCUT2D eigenvalue weighted by Crippen LogP contribution is -2.47. The molecule has 4 fully saturated rings. The molecule has 0 aliphatic carbocycles. The summed E-state index contributed by atoms with van der Waals surface area (Å²) in [5, 5.41) is 3.43. The van der Waals surface area contributed by atoms with Crippen LogP contribution in [-0.4, -0.2) is 106 Å². The molecule has 4 N–H and O–H groups in total. The summed E-state index contributed by atoms with van der Waals surface area (Å²) in [6.07, 6.45) is -4.01. The van der Waals surface area contributed by atoms with Gasteiger partial charge in [-0.05, 0) is 80.6 Å². The van der Waals surface area contributed by atoms with E-state index in [4.69, 9.17) is 58.0 Å². The number of hydrogen-bond acceptors (Lipinski definition) is 16. The van der Waals surface area contributed by atoms with Crippen LogP contribution in [0.5, 0.6) is 5.75 Å². The fourth-order valence-corrected chi connectivity index (χ4v) is 13.3. The van der Waals surface area contributed by atoms with Gasteiger partial charge in [0.25, 0.3) is 5.56 Å². The maximum Gasteiger partial charge on any atom is 0.330 e. The van der Waals surface area contributed by atoms with Crippen LogP contribution in [-0.2, 0) is 56.3 Å². The van der Waals surface area contributed by atoms with E-state index >= 15 is 0 Å². The standard InChI is InChI=1S/C55H70N8O11Si/c1-32(2)52(3,4)75(10,11)68-29-39-44-46(74-54(7,8)72-44)49(70-39)62-36(26-41(64)61-51(62)65)27-57-28-38-43-45(73-53(5,6)71-43)50(69-38)63-40(60-42-47(56)58-31-59-48(42)63)30-67-55(33-18-14-12-15-19-33,34-20-16-13-17-21-34)35-22-24-37(66-9)25-23-35/h12-26,31-32,38-39,43-46,49-50,57H,27-30H2,1-11H3,(H2,56,58,59)(H,61,64,65)/t38-,39-,43-,44-,45-,46-,49-,50-/m1/s1. The molecule has 19 nitrogen and oxygen atoms in total. The van der Waals surface area contributed by atoms with Gasteiger partial charge in [0, 0.05) is 24.8 Å². The first-order valence-electron chi connectivity index (χ1n) is 25.7. The first-order valence-corrected chi connectivity index (χ1v) is 28.6. The lowest BCUT2D eigenvalue weighted by Gasteiger charge is -2.43. The third-order valence-corrected chi connectivity index (χ3v) is 20.5. The minimum atomic E-state index is -2.28. The monoisotopic (exact) mass is 1050 g/mol. The molecule has 6 aromatic rings. The number of nitrogen functional groups attached to an aromatic ring is 1. The van der Waals surface area contributed by atoms with E-state index in [0.717, 1.165) is 16.7 Å². The van der Waals surface area contributed by atoms with Crippen molar-refractivity contribution in [3.05, 3.63) is 146 Å². The summed E-state index contributed by atoms with van der Waals surface area (Å²) in [4.78, 5) is 43.6. The third-order valence-electron chi connectivity index (χ3n) is 15.9. The Kier molecular flexibility index (Phi) is 14.1. The number of hydrogen-bond donors (Lipinski definition) is 3. The van der Waals surface area contributed by atoms with Crippen molar-refractivity contribution in [2.24, 2.45) is 5.92 Å². The molecule has 0 saturated carbocycles. The molecule has 0 radical (unpaired) electrons. The van der Waals surface area contributed by atoms with Crippen LogP contribution in [0, 0.1) is 5.92 Å². The van der Waals surface area contributed by atoms with Crippen LogP contribution in [0.25, 0.3) is 11.2 Å². The van der Waals surface area contributed by atoms with Gasteiger partial charge >= 0.3 is 5.69 Å². The van der Waals surface area contributed by atoms with E-state index in [1.807, 2.05) is 117 Å². The Balaban J connectivity index is 0.946. The van der Waals surface area contributed by atoms with E-state index in [2.05, 4.69) is 56.1 Å². The molecule has 3 aromatic carbocycles. The summed E-state index contributed by atoms with van der Waals surface area (Å²) in [6, 6.07) is 29.3. The Hall–Kier alpha value is -5.65. The number of nitrogens with two attached hydrogens (primary N) is 1. The number of methoxy groups -OCH3 is 1. The third kappa shape index (κ3) is 9.79. The van der Waals surface area contributed by atoms with Crippen molar-refractivity contribution in [3.63, 3.8) is 0 Å². The first kappa shape index (κ1) is 52.8. The van der Waals surface area contributed by atoms with Gasteiger partial charge in [0.1, 0.15) is 66.7 Å². The fraction of sp³-hybridized carbons (Fsp3) is 0.509. The normalized spacial score (nSPS) is 25.3. The average Bonchev–Trinajstić information content (AvgIpc) is 4.17. The maximum atomic E-state index is 14.0. The van der Waals surface area contributed by atoms with Crippen LogP contribution in [0.15, 0.2) is 107 Å². The van der Waals surface area contributed by atoms with E-state index < -0.39 is 85.8 Å². The second-order valence-electron chi connectivity index (χ2n) is 22.1. The van der Waals surface area contributed by atoms with Crippen molar-refractivity contribution >= 4 is 25.3 Å². The first-order chi connectivity index (χ1) is 35.6. The maximum absolute atomic E-state index is 14.0. The van der Waals surface area contributed by atoms with Crippen LogP contribution in [0.1, 0.15) is 96.1 Å². The number of aromatic nitrogens is 6. The number of H-pyrrole nitrogens is 1. The van der Waals surface area contributed by atoms with E-state index in [9.17, 15) is 9.59 Å². The minimum absolute atomic E-state index is 0.0397. The number of imidazole rings is 1. The smallest absolute Gasteiger partial charge is 0.330 e. The van der Waals surface area contributed by atoms with Crippen molar-refractivity contribution in [1.82, 2.24) is 34.4 Å². The van der Waals surface area contributed by atoms with Gasteiger partial charge in [0.15, 0.2) is 49.3 Å². The highest BCUT2D eigenvalue weighted by Gasteiger charge is 2.59. The molecule has 20 heteroatoms. The zero-order valence-electron chi connectivity index (χ0n) is 44.6. The van der Waals surface area contributed by atoms with Crippen molar-refractivity contribution in [3.8, 4) is 5.75 Å². The van der Waals surface area contributed by atoms with E-state index in [1.165, 1.54) is 17.0 Å². The van der Waals surface area contributed by atoms with E-state index in [1.54, 1.807) is 7.11 Å². The highest BCUT2D eigenvalue weighted by molar-refractivity contribution is 6.74. The molecule has 0 spiro atoms. The summed E-state index contributed by atoms with van der Waals surface area (Å²) in [5.74, 6) is -0.219. The van der Waals surface area contributed by atoms with Gasteiger partial charge < -0.3 is 53.4 Å². The molecular formula is C55H70N8O11Si. The van der Waals surface area contributed by atoms with Gasteiger partial charge in [-0.15, -0.1) is 0 Å². The van der Waals surface area contributed by atoms with Gasteiger partial charge in [0.2, 0.25) is 0 Å². The molecule has 0 unspecified atom stereocenters. The molecule has 4 aliphatic heterocycles. The number of fused-ring (bicyclic) bond motifs is 3. The number of anilines is 1. The van der Waals surface area contributed by atoms with E-state index in [0.29, 0.717) is 34.3 Å². The SMILES string of the molecule is COc1ccc(C(OCc2nc3c(N)ncnc3n2[C@@H]2O[C@H](CNCc3cc(=O)[nH]c(=O)n3[C@@H]3O[C@H](CO[Si](C)(C)C(C)(C)C(C)C)[C@H]4OC(C)(C)O[C@H]43)[C@H]3OC(C)(C)O[C@H]32)(c2ccccc2)c2ccccc2)cc1. The molecule has 4 saturated heterocycles. The molecule has 10 rings (SSSR count). The predicted octanol–water partition coefficient (Wildman–Crippen LogP) is 7.06. The molecule has 0 amide bonds. The lowest BCUT2D eigenvalue weighted by molar-refractivity contribution is -0.200. The highest BCUT2D eigenvalue weighted by atomic mass is 28.4. The number of nitrogens with zero attached hydrogens (tertiary/aromatic N) is 5. The Morgan fingerprint density at radius 2 is 1.35 bits per heavy atom. The Morgan fingerprint density at radius 1 is 0.787 bits per heavy atom. The zero-order chi connectivity index (χ0) is 53.2. The Bertz CT molecular complexity index is 3070. The second-order valence-corrected chi connectivity index (χ2v) is 26.7. The molecule has 75 heavy (non-hydrogen) atoms. The number of rotatable bonds is 18. The number of benzene rings is 3. The Labute approximate surface area is 437 Å². The van der Waals surface area contributed by atoms with Crippen LogP contribution in [0.4, 0.5) is 5.82 Å². The zero-order valence-corrected chi connectivity index (χ0v) is 45.6.